The molecule has 0 bridgehead atoms. The van der Waals surface area contributed by atoms with Crippen molar-refractivity contribution in [2.75, 3.05) is 18.5 Å². The lowest BCUT2D eigenvalue weighted by Crippen LogP contribution is -2.32. The van der Waals surface area contributed by atoms with Crippen LogP contribution in [0.4, 0.5) is 15.8 Å². The summed E-state index contributed by atoms with van der Waals surface area (Å²) in [5, 5.41) is 18.3. The van der Waals surface area contributed by atoms with E-state index in [0.717, 1.165) is 18.3 Å². The lowest BCUT2D eigenvalue weighted by Gasteiger charge is -2.13. The van der Waals surface area contributed by atoms with Crippen LogP contribution >= 0.6 is 0 Å². The maximum Gasteiger partial charge on any atom is 0.349 e. The average Bonchev–Trinajstić information content (AvgIpc) is 2.89. The van der Waals surface area contributed by atoms with Crippen LogP contribution in [0.5, 0.6) is 11.5 Å². The number of H-pyrrole nitrogens is 1. The Morgan fingerprint density at radius 3 is 2.63 bits per heavy atom. The van der Waals surface area contributed by atoms with E-state index in [2.05, 4.69) is 15.4 Å². The number of nitro groups is 1. The van der Waals surface area contributed by atoms with Gasteiger partial charge in [0.05, 0.1) is 34.3 Å². The van der Waals surface area contributed by atoms with Crippen molar-refractivity contribution < 1.29 is 23.6 Å². The van der Waals surface area contributed by atoms with Crippen LogP contribution < -0.4 is 26.0 Å². The largest absolute Gasteiger partial charge is 0.490 e. The number of nitrogens with zero attached hydrogens (tertiary/aromatic N) is 3. The molecule has 3 aromatic carbocycles. The average molecular weight is 521 g/mol. The van der Waals surface area contributed by atoms with E-state index in [1.165, 1.54) is 30.3 Å². The second kappa shape index (κ2) is 11.2. The summed E-state index contributed by atoms with van der Waals surface area (Å²) >= 11 is 0. The van der Waals surface area contributed by atoms with E-state index >= 15 is 0 Å². The van der Waals surface area contributed by atoms with E-state index in [1.54, 1.807) is 25.1 Å². The van der Waals surface area contributed by atoms with Crippen LogP contribution in [0.25, 0.3) is 10.9 Å². The van der Waals surface area contributed by atoms with E-state index in [9.17, 15) is 28.9 Å². The molecule has 0 saturated carbocycles. The second-order valence-electron chi connectivity index (χ2n) is 7.71. The second-order valence-corrected chi connectivity index (χ2v) is 7.71. The van der Waals surface area contributed by atoms with Crippen molar-refractivity contribution >= 4 is 34.4 Å². The van der Waals surface area contributed by atoms with Crippen LogP contribution in [0.15, 0.2) is 75.4 Å². The summed E-state index contributed by atoms with van der Waals surface area (Å²) in [7, 11) is 0. The van der Waals surface area contributed by atoms with E-state index in [4.69, 9.17) is 9.47 Å². The van der Waals surface area contributed by atoms with Crippen molar-refractivity contribution in [3.8, 4) is 11.5 Å². The minimum Gasteiger partial charge on any atom is -0.490 e. The quantitative estimate of drug-likeness (QED) is 0.195. The third-order valence-corrected chi connectivity index (χ3v) is 5.16. The number of aromatic amines is 1. The lowest BCUT2D eigenvalue weighted by atomic mass is 10.2. The first-order valence-corrected chi connectivity index (χ1v) is 11.2. The predicted molar refractivity (Wildman–Crippen MR) is 137 cm³/mol. The first-order valence-electron chi connectivity index (χ1n) is 11.2. The first kappa shape index (κ1) is 25.8. The third-order valence-electron chi connectivity index (χ3n) is 5.16. The van der Waals surface area contributed by atoms with Gasteiger partial charge in [-0.25, -0.2) is 9.18 Å². The molecule has 0 aliphatic heterocycles. The van der Waals surface area contributed by atoms with Crippen LogP contribution in [-0.2, 0) is 4.79 Å². The van der Waals surface area contributed by atoms with Gasteiger partial charge in [-0.2, -0.15) is 5.10 Å². The van der Waals surface area contributed by atoms with Gasteiger partial charge in [0.15, 0.2) is 12.4 Å². The van der Waals surface area contributed by atoms with Crippen LogP contribution in [0.2, 0.25) is 0 Å². The Balaban J connectivity index is 1.64. The van der Waals surface area contributed by atoms with Crippen LogP contribution in [0.3, 0.4) is 0 Å². The monoisotopic (exact) mass is 521 g/mol. The molecule has 0 aliphatic carbocycles. The SMILES string of the molecule is CCOc1cc(C=Nn2c(=O)[nH]c3ccccc3c2=O)cc([N+](=O)[O-])c1OCC(=O)Nc1ccccc1F. The van der Waals surface area contributed by atoms with E-state index in [1.807, 2.05) is 0 Å². The fourth-order valence-corrected chi connectivity index (χ4v) is 3.50. The summed E-state index contributed by atoms with van der Waals surface area (Å²) in [4.78, 5) is 50.9. The molecule has 0 fully saturated rings. The van der Waals surface area contributed by atoms with Crippen molar-refractivity contribution in [3.63, 3.8) is 0 Å². The number of carbonyl (C=O) groups excluding carboxylic acids is 1. The number of amides is 1. The van der Waals surface area contributed by atoms with Gasteiger partial charge < -0.3 is 19.8 Å². The van der Waals surface area contributed by atoms with Gasteiger partial charge in [0.2, 0.25) is 5.75 Å². The van der Waals surface area contributed by atoms with Gasteiger partial charge in [-0.15, -0.1) is 4.68 Å². The van der Waals surface area contributed by atoms with Gasteiger partial charge in [-0.1, -0.05) is 24.3 Å². The number of benzene rings is 3. The predicted octanol–water partition coefficient (Wildman–Crippen LogP) is 3.04. The fourth-order valence-electron chi connectivity index (χ4n) is 3.50. The van der Waals surface area contributed by atoms with E-state index in [0.29, 0.717) is 10.2 Å². The van der Waals surface area contributed by atoms with E-state index < -0.39 is 40.2 Å². The van der Waals surface area contributed by atoms with Gasteiger partial charge >= 0.3 is 11.4 Å². The smallest absolute Gasteiger partial charge is 0.349 e. The zero-order valence-electron chi connectivity index (χ0n) is 19.8. The zero-order valence-corrected chi connectivity index (χ0v) is 19.8. The minimum atomic E-state index is -0.801. The number of anilines is 1. The van der Waals surface area contributed by atoms with Gasteiger partial charge in [0.25, 0.3) is 11.5 Å². The highest BCUT2D eigenvalue weighted by Gasteiger charge is 2.23. The van der Waals surface area contributed by atoms with Crippen LogP contribution in [0, 0.1) is 15.9 Å². The van der Waals surface area contributed by atoms with Crippen molar-refractivity contribution in [2.24, 2.45) is 5.10 Å². The highest BCUT2D eigenvalue weighted by molar-refractivity contribution is 5.92. The van der Waals surface area contributed by atoms with Crippen molar-refractivity contribution in [2.45, 2.75) is 6.92 Å². The molecule has 4 rings (SSSR count). The number of para-hydroxylation sites is 2. The number of fused-ring (bicyclic) bond motifs is 1. The molecule has 12 nitrogen and oxygen atoms in total. The third kappa shape index (κ3) is 5.56. The molecule has 0 unspecified atom stereocenters. The van der Waals surface area contributed by atoms with Gasteiger partial charge in [0, 0.05) is 11.6 Å². The molecule has 13 heteroatoms. The highest BCUT2D eigenvalue weighted by atomic mass is 19.1. The first-order chi connectivity index (χ1) is 18.3. The Morgan fingerprint density at radius 1 is 1.16 bits per heavy atom. The standard InChI is InChI=1S/C25H20FN5O7/c1-2-37-21-12-15(13-27-30-24(33)16-7-3-5-9-18(16)29-25(30)34)11-20(31(35)36)23(21)38-14-22(32)28-19-10-6-4-8-17(19)26/h3-13H,2,14H2,1H3,(H,28,32)(H,29,34). The molecule has 1 heterocycles. The van der Waals surface area contributed by atoms with Crippen molar-refractivity contribution in [3.05, 3.63) is 103 Å². The zero-order chi connectivity index (χ0) is 27.2. The summed E-state index contributed by atoms with van der Waals surface area (Å²) < 4.78 is 25.3. The number of nitrogens with one attached hydrogen (secondary N) is 2. The van der Waals surface area contributed by atoms with Crippen molar-refractivity contribution in [1.29, 1.82) is 0 Å². The van der Waals surface area contributed by atoms with Gasteiger partial charge in [-0.3, -0.25) is 19.7 Å². The number of carbonyl (C=O) groups is 1. The number of hydrogen-bond acceptors (Lipinski definition) is 8. The summed E-state index contributed by atoms with van der Waals surface area (Å²) in [6, 6.07) is 14.3. The Morgan fingerprint density at radius 2 is 1.89 bits per heavy atom. The number of aromatic nitrogens is 2. The topological polar surface area (TPSA) is 158 Å². The molecule has 0 aliphatic rings. The summed E-state index contributed by atoms with van der Waals surface area (Å²) in [5.41, 5.74) is -1.67. The molecule has 0 saturated heterocycles. The Kier molecular flexibility index (Phi) is 7.56. The molecule has 0 atom stereocenters. The molecule has 1 amide bonds. The molecule has 1 aromatic heterocycles. The van der Waals surface area contributed by atoms with Gasteiger partial charge in [0.1, 0.15) is 5.82 Å². The number of nitro benzene ring substituents is 1. The molecule has 38 heavy (non-hydrogen) atoms. The summed E-state index contributed by atoms with van der Waals surface area (Å²) in [6.07, 6.45) is 1.08. The molecule has 0 spiro atoms. The number of rotatable bonds is 9. The maximum atomic E-state index is 13.8. The molecule has 2 N–H and O–H groups in total. The highest BCUT2D eigenvalue weighted by Crippen LogP contribution is 2.38. The normalized spacial score (nSPS) is 11.0. The van der Waals surface area contributed by atoms with Crippen molar-refractivity contribution in [1.82, 2.24) is 9.66 Å². The molecule has 0 radical (unpaired) electrons. The number of halogens is 1. The number of ether oxygens (including phenoxy) is 2. The number of hydrogen-bond donors (Lipinski definition) is 2. The maximum absolute atomic E-state index is 13.8. The van der Waals surface area contributed by atoms with E-state index in [-0.39, 0.29) is 34.7 Å². The fraction of sp³-hybridized carbons (Fsp3) is 0.120. The minimum absolute atomic E-state index is 0.0777. The summed E-state index contributed by atoms with van der Waals surface area (Å²) in [5.74, 6) is -1.83. The molecular formula is C25H20FN5O7. The Bertz CT molecular complexity index is 1680. The molecule has 4 aromatic rings. The summed E-state index contributed by atoms with van der Waals surface area (Å²) in [6.45, 7) is 1.05. The Labute approximate surface area is 213 Å². The van der Waals surface area contributed by atoms with Crippen LogP contribution in [0.1, 0.15) is 12.5 Å². The van der Waals surface area contributed by atoms with Crippen LogP contribution in [-0.4, -0.2) is 39.9 Å². The molecule has 194 valence electrons. The van der Waals surface area contributed by atoms with Gasteiger partial charge in [-0.05, 0) is 37.3 Å². The molecular weight excluding hydrogens is 501 g/mol. The lowest BCUT2D eigenvalue weighted by molar-refractivity contribution is -0.385. The Hall–Kier alpha value is -5.33.